The number of rotatable bonds is 8. The van der Waals surface area contributed by atoms with Crippen LogP contribution in [0, 0.1) is 0 Å². The third-order valence-electron chi connectivity index (χ3n) is 11.7. The lowest BCUT2D eigenvalue weighted by Crippen LogP contribution is -2.08. The van der Waals surface area contributed by atoms with E-state index in [1.807, 2.05) is 30.3 Å². The number of allylic oxidation sites excluding steroid dienone is 1. The zero-order valence-corrected chi connectivity index (χ0v) is 33.6. The maximum absolute atomic E-state index is 5.38. The van der Waals surface area contributed by atoms with Crippen LogP contribution in [0.2, 0.25) is 0 Å². The van der Waals surface area contributed by atoms with Gasteiger partial charge < -0.3 is 9.13 Å². The van der Waals surface area contributed by atoms with E-state index in [1.54, 1.807) is 0 Å². The average molecular weight is 782 g/mol. The highest BCUT2D eigenvalue weighted by Crippen LogP contribution is 2.43. The summed E-state index contributed by atoms with van der Waals surface area (Å²) in [7, 11) is 0. The van der Waals surface area contributed by atoms with E-state index >= 15 is 0 Å². The van der Waals surface area contributed by atoms with Gasteiger partial charge in [0, 0.05) is 43.8 Å². The predicted molar refractivity (Wildman–Crippen MR) is 254 cm³/mol. The van der Waals surface area contributed by atoms with Gasteiger partial charge in [0.25, 0.3) is 0 Å². The standard InChI is InChI=1S/C56H39N5/c1-3-20-45-43-29-15-17-35-51(43)61(49-36-18-26-39-23-10-11-28-42(39)49)52(45)37(2)60-50-34-16-14-30-44(50)46-32-19-33-48(53(46)60)56-58-54(40-24-8-5-9-25-40)57-55(59-56)47-31-13-12-27-41(47)38-21-6-4-7-22-38/h3-36H,2H2,1H3/b20-3-. The molecule has 0 amide bonds. The predicted octanol–water partition coefficient (Wildman–Crippen LogP) is 14.3. The Morgan fingerprint density at radius 1 is 0.459 bits per heavy atom. The summed E-state index contributed by atoms with van der Waals surface area (Å²) < 4.78 is 4.72. The molecule has 0 fully saturated rings. The lowest BCUT2D eigenvalue weighted by atomic mass is 9.99. The van der Waals surface area contributed by atoms with Crippen LogP contribution in [0.3, 0.4) is 0 Å². The molecule has 11 aromatic rings. The summed E-state index contributed by atoms with van der Waals surface area (Å²) in [5.74, 6) is 1.79. The summed E-state index contributed by atoms with van der Waals surface area (Å²) in [6, 6.07) is 67.8. The van der Waals surface area contributed by atoms with Gasteiger partial charge in [-0.05, 0) is 47.7 Å². The van der Waals surface area contributed by atoms with Crippen molar-refractivity contribution in [3.8, 4) is 51.0 Å². The number of aromatic nitrogens is 5. The molecule has 3 heterocycles. The summed E-state index contributed by atoms with van der Waals surface area (Å²) in [5, 5.41) is 5.69. The molecule has 0 saturated carbocycles. The number of para-hydroxylation sites is 3. The van der Waals surface area contributed by atoms with Gasteiger partial charge in [-0.25, -0.2) is 15.0 Å². The third-order valence-corrected chi connectivity index (χ3v) is 11.7. The van der Waals surface area contributed by atoms with Crippen LogP contribution in [0.1, 0.15) is 18.2 Å². The zero-order valence-electron chi connectivity index (χ0n) is 33.6. The van der Waals surface area contributed by atoms with Crippen LogP contribution in [0.25, 0.3) is 106 Å². The van der Waals surface area contributed by atoms with Gasteiger partial charge in [0.1, 0.15) is 0 Å². The molecule has 0 radical (unpaired) electrons. The first-order chi connectivity index (χ1) is 30.2. The molecule has 5 heteroatoms. The number of hydrogen-bond acceptors (Lipinski definition) is 3. The minimum atomic E-state index is 0.581. The molecule has 0 bridgehead atoms. The Labute approximate surface area is 353 Å². The van der Waals surface area contributed by atoms with Crippen LogP contribution in [-0.2, 0) is 0 Å². The summed E-state index contributed by atoms with van der Waals surface area (Å²) in [5.41, 5.74) is 12.0. The van der Waals surface area contributed by atoms with Gasteiger partial charge in [0.2, 0.25) is 0 Å². The van der Waals surface area contributed by atoms with Crippen LogP contribution in [0.4, 0.5) is 0 Å². The minimum absolute atomic E-state index is 0.581. The molecule has 11 rings (SSSR count). The Morgan fingerprint density at radius 2 is 1.00 bits per heavy atom. The molecule has 0 unspecified atom stereocenters. The third kappa shape index (κ3) is 5.97. The highest BCUT2D eigenvalue weighted by atomic mass is 15.1. The van der Waals surface area contributed by atoms with E-state index in [4.69, 9.17) is 21.5 Å². The largest absolute Gasteiger partial charge is 0.307 e. The summed E-state index contributed by atoms with van der Waals surface area (Å²) in [6.07, 6.45) is 4.34. The van der Waals surface area contributed by atoms with Crippen molar-refractivity contribution < 1.29 is 0 Å². The quantitative estimate of drug-likeness (QED) is 0.154. The molecule has 0 aliphatic carbocycles. The lowest BCUT2D eigenvalue weighted by Gasteiger charge is -2.19. The SMILES string of the molecule is C=C(c1c(/C=C\C)c2ccccc2n1-c1cccc2ccccc12)n1c2ccccc2c2cccc(-c3nc(-c4ccccc4)nc(-c4ccccc4-c4ccccc4)n3)c21. The molecule has 8 aromatic carbocycles. The number of fused-ring (bicyclic) bond motifs is 5. The first-order valence-electron chi connectivity index (χ1n) is 20.6. The van der Waals surface area contributed by atoms with Crippen molar-refractivity contribution in [1.82, 2.24) is 24.1 Å². The molecule has 0 atom stereocenters. The topological polar surface area (TPSA) is 48.5 Å². The highest BCUT2D eigenvalue weighted by Gasteiger charge is 2.26. The molecule has 288 valence electrons. The average Bonchev–Trinajstić information content (AvgIpc) is 3.84. The Morgan fingerprint density at radius 3 is 1.77 bits per heavy atom. The second-order valence-corrected chi connectivity index (χ2v) is 15.2. The van der Waals surface area contributed by atoms with Crippen LogP contribution in [0.15, 0.2) is 207 Å². The molecule has 61 heavy (non-hydrogen) atoms. The molecule has 5 nitrogen and oxygen atoms in total. The van der Waals surface area contributed by atoms with E-state index in [-0.39, 0.29) is 0 Å². The fourth-order valence-electron chi connectivity index (χ4n) is 9.00. The van der Waals surface area contributed by atoms with Crippen LogP contribution < -0.4 is 0 Å². The van der Waals surface area contributed by atoms with E-state index in [2.05, 4.69) is 192 Å². The van der Waals surface area contributed by atoms with Crippen LogP contribution in [-0.4, -0.2) is 24.1 Å². The van der Waals surface area contributed by atoms with Gasteiger partial charge in [-0.1, -0.05) is 189 Å². The molecular formula is C56H39N5. The molecule has 0 spiro atoms. The van der Waals surface area contributed by atoms with Gasteiger partial charge >= 0.3 is 0 Å². The fraction of sp³-hybridized carbons (Fsp3) is 0.0179. The van der Waals surface area contributed by atoms with Gasteiger partial charge in [-0.2, -0.15) is 0 Å². The second-order valence-electron chi connectivity index (χ2n) is 15.2. The Balaban J connectivity index is 1.22. The molecule has 3 aromatic heterocycles. The van der Waals surface area contributed by atoms with Crippen molar-refractivity contribution in [3.63, 3.8) is 0 Å². The minimum Gasteiger partial charge on any atom is -0.307 e. The first-order valence-corrected chi connectivity index (χ1v) is 20.6. The normalized spacial score (nSPS) is 11.7. The van der Waals surface area contributed by atoms with E-state index in [1.165, 1.54) is 5.39 Å². The van der Waals surface area contributed by atoms with Gasteiger partial charge in [-0.15, -0.1) is 0 Å². The second kappa shape index (κ2) is 14.9. The Hall–Kier alpha value is -8.15. The van der Waals surface area contributed by atoms with Crippen molar-refractivity contribution in [1.29, 1.82) is 0 Å². The van der Waals surface area contributed by atoms with E-state index in [9.17, 15) is 0 Å². The maximum atomic E-state index is 5.38. The van der Waals surface area contributed by atoms with Crippen molar-refractivity contribution in [3.05, 3.63) is 218 Å². The number of benzene rings is 8. The maximum Gasteiger partial charge on any atom is 0.166 e. The first kappa shape index (κ1) is 36.0. The van der Waals surface area contributed by atoms with Gasteiger partial charge in [0.15, 0.2) is 17.5 Å². The highest BCUT2D eigenvalue weighted by molar-refractivity contribution is 6.15. The molecule has 0 aliphatic rings. The van der Waals surface area contributed by atoms with Crippen molar-refractivity contribution >= 4 is 55.3 Å². The molecule has 0 N–H and O–H groups in total. The van der Waals surface area contributed by atoms with Crippen molar-refractivity contribution in [2.24, 2.45) is 0 Å². The Kier molecular flexibility index (Phi) is 8.79. The molecular weight excluding hydrogens is 743 g/mol. The number of nitrogens with zero attached hydrogens (tertiary/aromatic N) is 5. The summed E-state index contributed by atoms with van der Waals surface area (Å²) in [4.78, 5) is 15.9. The molecule has 0 saturated heterocycles. The van der Waals surface area contributed by atoms with E-state index < -0.39 is 0 Å². The smallest absolute Gasteiger partial charge is 0.166 e. The van der Waals surface area contributed by atoms with Crippen molar-refractivity contribution in [2.45, 2.75) is 6.92 Å². The summed E-state index contributed by atoms with van der Waals surface area (Å²) in [6.45, 7) is 7.11. The van der Waals surface area contributed by atoms with Gasteiger partial charge in [-0.3, -0.25) is 0 Å². The van der Waals surface area contributed by atoms with Gasteiger partial charge in [0.05, 0.1) is 33.6 Å². The molecule has 0 aliphatic heterocycles. The lowest BCUT2D eigenvalue weighted by molar-refractivity contribution is 1.06. The number of hydrogen-bond donors (Lipinski definition) is 0. The summed E-state index contributed by atoms with van der Waals surface area (Å²) >= 11 is 0. The van der Waals surface area contributed by atoms with E-state index in [0.29, 0.717) is 17.5 Å². The Bertz CT molecular complexity index is 3500. The van der Waals surface area contributed by atoms with Crippen LogP contribution in [0.5, 0.6) is 0 Å². The van der Waals surface area contributed by atoms with Crippen molar-refractivity contribution in [2.75, 3.05) is 0 Å². The fourth-order valence-corrected chi connectivity index (χ4v) is 9.00. The monoisotopic (exact) mass is 781 g/mol. The van der Waals surface area contributed by atoms with E-state index in [0.717, 1.165) is 88.6 Å². The van der Waals surface area contributed by atoms with Crippen LogP contribution >= 0.6 is 0 Å². The zero-order chi connectivity index (χ0) is 40.9.